The topological polar surface area (TPSA) is 38.1 Å². The maximum absolute atomic E-state index is 11.6. The molecular weight excluding hydrogens is 166 g/mol. The number of nitrogens with zero attached hydrogens (tertiary/aromatic N) is 3. The third-order valence-electron chi connectivity index (χ3n) is 2.15. The fourth-order valence-corrected chi connectivity index (χ4v) is 1.00. The van der Waals surface area contributed by atoms with Gasteiger partial charge in [-0.15, -0.1) is 0 Å². The molecule has 0 aliphatic rings. The normalized spacial score (nSPS) is 10.2. The predicted octanol–water partition coefficient (Wildman–Crippen LogP) is 0.820. The molecule has 0 bridgehead atoms. The van der Waals surface area contributed by atoms with Crippen molar-refractivity contribution >= 4 is 5.91 Å². The van der Waals surface area contributed by atoms with Crippen LogP contribution in [-0.4, -0.2) is 34.2 Å². The molecule has 0 saturated heterocycles. The second kappa shape index (κ2) is 3.60. The maximum Gasteiger partial charge on any atom is 0.274 e. The van der Waals surface area contributed by atoms with Crippen molar-refractivity contribution in [3.05, 3.63) is 17.5 Å². The molecule has 0 N–H and O–H groups in total. The summed E-state index contributed by atoms with van der Waals surface area (Å²) in [5.41, 5.74) is 1.51. The number of aryl methyl sites for hydroxylation is 2. The highest BCUT2D eigenvalue weighted by atomic mass is 16.2. The monoisotopic (exact) mass is 181 g/mol. The second-order valence-electron chi connectivity index (χ2n) is 3.11. The van der Waals surface area contributed by atoms with Crippen molar-refractivity contribution in [2.45, 2.75) is 13.8 Å². The van der Waals surface area contributed by atoms with Gasteiger partial charge >= 0.3 is 0 Å². The van der Waals surface area contributed by atoms with Crippen molar-refractivity contribution < 1.29 is 4.79 Å². The highest BCUT2D eigenvalue weighted by Gasteiger charge is 2.13. The van der Waals surface area contributed by atoms with Crippen LogP contribution < -0.4 is 0 Å². The molecule has 0 aliphatic carbocycles. The molecule has 0 aromatic carbocycles. The SMILES string of the molecule is CCN(C)C(=O)c1cc(C)n(C)n1. The summed E-state index contributed by atoms with van der Waals surface area (Å²) in [7, 11) is 3.60. The van der Waals surface area contributed by atoms with E-state index < -0.39 is 0 Å². The van der Waals surface area contributed by atoms with Crippen molar-refractivity contribution in [2.75, 3.05) is 13.6 Å². The molecule has 1 rings (SSSR count). The molecule has 0 aliphatic heterocycles. The molecule has 1 aromatic heterocycles. The zero-order valence-electron chi connectivity index (χ0n) is 8.53. The van der Waals surface area contributed by atoms with Crippen LogP contribution in [0.3, 0.4) is 0 Å². The summed E-state index contributed by atoms with van der Waals surface area (Å²) in [6.07, 6.45) is 0. The molecule has 4 nitrogen and oxygen atoms in total. The molecular formula is C9H15N3O. The first-order chi connectivity index (χ1) is 6.06. The number of hydrogen-bond donors (Lipinski definition) is 0. The number of hydrogen-bond acceptors (Lipinski definition) is 2. The molecule has 0 atom stereocenters. The van der Waals surface area contributed by atoms with Gasteiger partial charge in [-0.1, -0.05) is 0 Å². The molecule has 1 aromatic rings. The Hall–Kier alpha value is -1.32. The molecule has 72 valence electrons. The van der Waals surface area contributed by atoms with Gasteiger partial charge in [0.2, 0.25) is 0 Å². The van der Waals surface area contributed by atoms with E-state index in [4.69, 9.17) is 0 Å². The van der Waals surface area contributed by atoms with Crippen LogP contribution >= 0.6 is 0 Å². The summed E-state index contributed by atoms with van der Waals surface area (Å²) in [4.78, 5) is 13.2. The van der Waals surface area contributed by atoms with Crippen molar-refractivity contribution in [1.29, 1.82) is 0 Å². The predicted molar refractivity (Wildman–Crippen MR) is 50.6 cm³/mol. The Morgan fingerprint density at radius 3 is 2.69 bits per heavy atom. The van der Waals surface area contributed by atoms with Gasteiger partial charge in [0.25, 0.3) is 5.91 Å². The number of amides is 1. The number of carbonyl (C=O) groups excluding carboxylic acids is 1. The molecule has 1 amide bonds. The molecule has 0 radical (unpaired) electrons. The molecule has 13 heavy (non-hydrogen) atoms. The highest BCUT2D eigenvalue weighted by molar-refractivity contribution is 5.92. The van der Waals surface area contributed by atoms with E-state index in [0.29, 0.717) is 12.2 Å². The first-order valence-corrected chi connectivity index (χ1v) is 4.32. The van der Waals surface area contributed by atoms with E-state index in [0.717, 1.165) is 5.69 Å². The van der Waals surface area contributed by atoms with Crippen LogP contribution in [0.5, 0.6) is 0 Å². The van der Waals surface area contributed by atoms with Crippen molar-refractivity contribution in [2.24, 2.45) is 7.05 Å². The van der Waals surface area contributed by atoms with Crippen LogP contribution in [0.25, 0.3) is 0 Å². The Labute approximate surface area is 78.1 Å². The zero-order chi connectivity index (χ0) is 10.0. The van der Waals surface area contributed by atoms with Gasteiger partial charge in [-0.05, 0) is 19.9 Å². The van der Waals surface area contributed by atoms with E-state index >= 15 is 0 Å². The minimum absolute atomic E-state index is 0.0220. The van der Waals surface area contributed by atoms with Crippen LogP contribution in [-0.2, 0) is 7.05 Å². The number of carbonyl (C=O) groups is 1. The van der Waals surface area contributed by atoms with E-state index in [-0.39, 0.29) is 5.91 Å². The van der Waals surface area contributed by atoms with Gasteiger partial charge < -0.3 is 4.90 Å². The lowest BCUT2D eigenvalue weighted by Crippen LogP contribution is -2.26. The maximum atomic E-state index is 11.6. The largest absolute Gasteiger partial charge is 0.341 e. The fraction of sp³-hybridized carbons (Fsp3) is 0.556. The van der Waals surface area contributed by atoms with Gasteiger partial charge in [-0.3, -0.25) is 9.48 Å². The third-order valence-corrected chi connectivity index (χ3v) is 2.15. The standard InChI is InChI=1S/C9H15N3O/c1-5-11(3)9(13)8-6-7(2)12(4)10-8/h6H,5H2,1-4H3. The fourth-order valence-electron chi connectivity index (χ4n) is 1.00. The van der Waals surface area contributed by atoms with Crippen LogP contribution in [0.15, 0.2) is 6.07 Å². The van der Waals surface area contributed by atoms with E-state index in [9.17, 15) is 4.79 Å². The highest BCUT2D eigenvalue weighted by Crippen LogP contribution is 2.03. The third kappa shape index (κ3) is 1.88. The molecule has 0 spiro atoms. The van der Waals surface area contributed by atoms with Gasteiger partial charge in [-0.25, -0.2) is 0 Å². The molecule has 0 unspecified atom stereocenters. The van der Waals surface area contributed by atoms with Crippen LogP contribution in [0.2, 0.25) is 0 Å². The Morgan fingerprint density at radius 2 is 2.31 bits per heavy atom. The molecule has 0 fully saturated rings. The van der Waals surface area contributed by atoms with Gasteiger partial charge in [0.15, 0.2) is 5.69 Å². The molecule has 4 heteroatoms. The summed E-state index contributed by atoms with van der Waals surface area (Å²) < 4.78 is 1.71. The average Bonchev–Trinajstić information content (AvgIpc) is 2.44. The van der Waals surface area contributed by atoms with Crippen molar-refractivity contribution in [1.82, 2.24) is 14.7 Å². The Kier molecular flexibility index (Phi) is 2.70. The Morgan fingerprint density at radius 1 is 1.69 bits per heavy atom. The smallest absolute Gasteiger partial charge is 0.274 e. The van der Waals surface area contributed by atoms with Gasteiger partial charge in [0.1, 0.15) is 0 Å². The van der Waals surface area contributed by atoms with Crippen LogP contribution in [0.1, 0.15) is 23.1 Å². The van der Waals surface area contributed by atoms with Crippen LogP contribution in [0.4, 0.5) is 0 Å². The van der Waals surface area contributed by atoms with Crippen LogP contribution in [0, 0.1) is 6.92 Å². The lowest BCUT2D eigenvalue weighted by Gasteiger charge is -2.11. The average molecular weight is 181 g/mol. The van der Waals surface area contributed by atoms with E-state index in [2.05, 4.69) is 5.10 Å². The summed E-state index contributed by atoms with van der Waals surface area (Å²) in [6, 6.07) is 1.80. The zero-order valence-corrected chi connectivity index (χ0v) is 8.53. The second-order valence-corrected chi connectivity index (χ2v) is 3.11. The quantitative estimate of drug-likeness (QED) is 0.677. The molecule has 1 heterocycles. The van der Waals surface area contributed by atoms with Crippen molar-refractivity contribution in [3.63, 3.8) is 0 Å². The summed E-state index contributed by atoms with van der Waals surface area (Å²) in [5, 5.41) is 4.10. The lowest BCUT2D eigenvalue weighted by atomic mass is 10.3. The van der Waals surface area contributed by atoms with Gasteiger partial charge in [0.05, 0.1) is 0 Å². The van der Waals surface area contributed by atoms with Gasteiger partial charge in [0, 0.05) is 26.3 Å². The number of aromatic nitrogens is 2. The van der Waals surface area contributed by atoms with E-state index in [1.807, 2.05) is 20.9 Å². The summed E-state index contributed by atoms with van der Waals surface area (Å²) in [6.45, 7) is 4.57. The van der Waals surface area contributed by atoms with E-state index in [1.165, 1.54) is 0 Å². The van der Waals surface area contributed by atoms with E-state index in [1.54, 1.807) is 22.7 Å². The first-order valence-electron chi connectivity index (χ1n) is 4.32. The van der Waals surface area contributed by atoms with Crippen molar-refractivity contribution in [3.8, 4) is 0 Å². The molecule has 0 saturated carbocycles. The Bertz CT molecular complexity index is 297. The number of rotatable bonds is 2. The Balaban J connectivity index is 2.89. The van der Waals surface area contributed by atoms with Gasteiger partial charge in [-0.2, -0.15) is 5.10 Å². The summed E-state index contributed by atoms with van der Waals surface area (Å²) in [5.74, 6) is -0.0220. The summed E-state index contributed by atoms with van der Waals surface area (Å²) >= 11 is 0. The first kappa shape index (κ1) is 9.77. The lowest BCUT2D eigenvalue weighted by molar-refractivity contribution is 0.0796. The minimum Gasteiger partial charge on any atom is -0.341 e. The minimum atomic E-state index is -0.0220.